The highest BCUT2D eigenvalue weighted by atomic mass is 14.8. The van der Waals surface area contributed by atoms with E-state index < -0.39 is 0 Å². The van der Waals surface area contributed by atoms with Gasteiger partial charge in [0.15, 0.2) is 0 Å². The number of hydrogen-bond acceptors (Lipinski definition) is 2. The molecule has 0 N–H and O–H groups in total. The molecule has 0 saturated heterocycles. The van der Waals surface area contributed by atoms with Gasteiger partial charge in [0.05, 0.1) is 11.4 Å². The summed E-state index contributed by atoms with van der Waals surface area (Å²) in [6, 6.07) is 0. The first kappa shape index (κ1) is 16.2. The highest BCUT2D eigenvalue weighted by Gasteiger charge is 2.19. The van der Waals surface area contributed by atoms with E-state index in [1.54, 1.807) is 0 Å². The third-order valence-electron chi connectivity index (χ3n) is 4.06. The summed E-state index contributed by atoms with van der Waals surface area (Å²) in [4.78, 5) is 8.85. The molecule has 0 fully saturated rings. The molecular weight excluding hydrogens is 268 g/mol. The Labute approximate surface area is 133 Å². The van der Waals surface area contributed by atoms with Gasteiger partial charge < -0.3 is 0 Å². The maximum absolute atomic E-state index is 4.55. The molecule has 1 aliphatic rings. The van der Waals surface area contributed by atoms with Crippen molar-refractivity contribution < 1.29 is 0 Å². The van der Waals surface area contributed by atoms with Crippen molar-refractivity contribution in [2.24, 2.45) is 9.98 Å². The molecule has 0 heterocycles. The Bertz CT molecular complexity index is 688. The normalized spacial score (nSPS) is 15.1. The summed E-state index contributed by atoms with van der Waals surface area (Å²) in [5.41, 5.74) is 7.99. The van der Waals surface area contributed by atoms with Gasteiger partial charge in [-0.3, -0.25) is 9.98 Å². The zero-order valence-electron chi connectivity index (χ0n) is 13.8. The Morgan fingerprint density at radius 2 is 1.95 bits per heavy atom. The van der Waals surface area contributed by atoms with Gasteiger partial charge in [-0.1, -0.05) is 36.5 Å². The predicted molar refractivity (Wildman–Crippen MR) is 100 cm³/mol. The van der Waals surface area contributed by atoms with Crippen molar-refractivity contribution in [3.8, 4) is 0 Å². The molecule has 2 heteroatoms. The molecule has 0 radical (unpaired) electrons. The largest absolute Gasteiger partial charge is 0.262 e. The van der Waals surface area contributed by atoms with Gasteiger partial charge in [-0.25, -0.2) is 0 Å². The molecule has 0 spiro atoms. The molecule has 1 aromatic carbocycles. The van der Waals surface area contributed by atoms with Crippen LogP contribution in [0.2, 0.25) is 0 Å². The smallest absolute Gasteiger partial charge is 0.0956 e. The van der Waals surface area contributed by atoms with Crippen molar-refractivity contribution in [1.82, 2.24) is 0 Å². The molecule has 0 amide bonds. The number of aliphatic imine (C=N–C) groups is 2. The summed E-state index contributed by atoms with van der Waals surface area (Å²) >= 11 is 0. The van der Waals surface area contributed by atoms with Gasteiger partial charge in [0.1, 0.15) is 0 Å². The second-order valence-electron chi connectivity index (χ2n) is 5.53. The van der Waals surface area contributed by atoms with E-state index in [-0.39, 0.29) is 0 Å². The zero-order valence-corrected chi connectivity index (χ0v) is 13.8. The average molecular weight is 292 g/mol. The van der Waals surface area contributed by atoms with Crippen LogP contribution in [-0.2, 0) is 6.42 Å². The van der Waals surface area contributed by atoms with E-state index in [4.69, 9.17) is 0 Å². The molecule has 114 valence electrons. The van der Waals surface area contributed by atoms with Gasteiger partial charge in [0.2, 0.25) is 0 Å². The fourth-order valence-electron chi connectivity index (χ4n) is 2.98. The Morgan fingerprint density at radius 3 is 2.59 bits per heavy atom. The van der Waals surface area contributed by atoms with Crippen molar-refractivity contribution >= 4 is 36.5 Å². The van der Waals surface area contributed by atoms with Crippen LogP contribution in [0.15, 0.2) is 34.3 Å². The summed E-state index contributed by atoms with van der Waals surface area (Å²) in [5, 5.41) is 0. The number of fused-ring (bicyclic) bond motifs is 1. The van der Waals surface area contributed by atoms with E-state index in [0.29, 0.717) is 0 Å². The van der Waals surface area contributed by atoms with Crippen LogP contribution in [-0.4, -0.2) is 12.9 Å². The molecule has 2 rings (SSSR count). The highest BCUT2D eigenvalue weighted by molar-refractivity contribution is 5.87. The molecule has 0 atom stereocenters. The van der Waals surface area contributed by atoms with E-state index in [1.807, 2.05) is 20.1 Å². The van der Waals surface area contributed by atoms with Crippen molar-refractivity contribution in [2.75, 3.05) is 0 Å². The van der Waals surface area contributed by atoms with Crippen LogP contribution in [0.5, 0.6) is 0 Å². The van der Waals surface area contributed by atoms with E-state index in [9.17, 15) is 0 Å². The lowest BCUT2D eigenvalue weighted by molar-refractivity contribution is 0.904. The van der Waals surface area contributed by atoms with Gasteiger partial charge in [-0.15, -0.1) is 0 Å². The van der Waals surface area contributed by atoms with Crippen molar-refractivity contribution in [3.63, 3.8) is 0 Å². The maximum atomic E-state index is 4.55. The molecule has 0 aromatic heterocycles. The lowest BCUT2D eigenvalue weighted by Crippen LogP contribution is -2.01. The van der Waals surface area contributed by atoms with Gasteiger partial charge in [-0.05, 0) is 63.4 Å². The van der Waals surface area contributed by atoms with Crippen molar-refractivity contribution in [1.29, 1.82) is 0 Å². The topological polar surface area (TPSA) is 24.7 Å². The second kappa shape index (κ2) is 7.17. The Morgan fingerprint density at radius 1 is 1.18 bits per heavy atom. The molecule has 1 aliphatic carbocycles. The third kappa shape index (κ3) is 3.01. The van der Waals surface area contributed by atoms with Crippen LogP contribution < -0.4 is 0 Å². The average Bonchev–Trinajstić information content (AvgIpc) is 2.49. The first-order valence-electron chi connectivity index (χ1n) is 7.74. The highest BCUT2D eigenvalue weighted by Crippen LogP contribution is 2.42. The first-order valence-corrected chi connectivity index (χ1v) is 7.74. The van der Waals surface area contributed by atoms with Gasteiger partial charge >= 0.3 is 0 Å². The monoisotopic (exact) mass is 292 g/mol. The van der Waals surface area contributed by atoms with Crippen molar-refractivity contribution in [3.05, 3.63) is 46.6 Å². The van der Waals surface area contributed by atoms with Crippen LogP contribution in [0.25, 0.3) is 12.2 Å². The minimum Gasteiger partial charge on any atom is -0.262 e. The second-order valence-corrected chi connectivity index (χ2v) is 5.53. The molecule has 0 aliphatic heterocycles. The SMILES string of the molecule is C=Nc1c2c(c(/C=C\C)c(C)c1N=CC)CCC(=C)CC=C2. The molecule has 1 aromatic rings. The van der Waals surface area contributed by atoms with Gasteiger partial charge in [0, 0.05) is 11.8 Å². The number of hydrogen-bond donors (Lipinski definition) is 0. The van der Waals surface area contributed by atoms with Gasteiger partial charge in [0.25, 0.3) is 0 Å². The predicted octanol–water partition coefficient (Wildman–Crippen LogP) is 5.99. The van der Waals surface area contributed by atoms with Crippen LogP contribution in [0.4, 0.5) is 11.4 Å². The standard InChI is InChI=1S/C20H24N2/c1-6-9-16-15(4)19(22-7-2)20(21-5)18-11-8-10-14(3)12-13-17(16)18/h6-9,11H,3,5,10,12-13H2,1-2,4H3/b9-6-,11-8?,22-7?. The Kier molecular flexibility index (Phi) is 5.26. The number of allylic oxidation sites excluding steroid dienone is 3. The van der Waals surface area contributed by atoms with E-state index in [0.717, 1.165) is 41.8 Å². The summed E-state index contributed by atoms with van der Waals surface area (Å²) in [6.45, 7) is 14.0. The summed E-state index contributed by atoms with van der Waals surface area (Å²) in [6.07, 6.45) is 13.3. The quantitative estimate of drug-likeness (QED) is 0.483. The number of benzene rings is 1. The van der Waals surface area contributed by atoms with Crippen LogP contribution in [0.3, 0.4) is 0 Å². The van der Waals surface area contributed by atoms with Crippen LogP contribution in [0, 0.1) is 6.92 Å². The molecule has 0 bridgehead atoms. The van der Waals surface area contributed by atoms with Gasteiger partial charge in [-0.2, -0.15) is 0 Å². The maximum Gasteiger partial charge on any atom is 0.0956 e. The Hall–Kier alpha value is -2.22. The minimum atomic E-state index is 0.891. The molecule has 0 saturated carbocycles. The van der Waals surface area contributed by atoms with E-state index in [1.165, 1.54) is 16.7 Å². The van der Waals surface area contributed by atoms with E-state index >= 15 is 0 Å². The van der Waals surface area contributed by atoms with Crippen molar-refractivity contribution in [2.45, 2.75) is 40.0 Å². The summed E-state index contributed by atoms with van der Waals surface area (Å²) < 4.78 is 0. The minimum absolute atomic E-state index is 0.891. The zero-order chi connectivity index (χ0) is 16.1. The Balaban J connectivity index is 2.85. The fourth-order valence-corrected chi connectivity index (χ4v) is 2.98. The molecular formula is C20H24N2. The summed E-state index contributed by atoms with van der Waals surface area (Å²) in [7, 11) is 0. The number of nitrogens with zero attached hydrogens (tertiary/aromatic N) is 2. The van der Waals surface area contributed by atoms with Crippen LogP contribution in [0.1, 0.15) is 48.9 Å². The summed E-state index contributed by atoms with van der Waals surface area (Å²) in [5.74, 6) is 0. The van der Waals surface area contributed by atoms with Crippen LogP contribution >= 0.6 is 0 Å². The molecule has 2 nitrogen and oxygen atoms in total. The molecule has 0 unspecified atom stereocenters. The fraction of sp³-hybridized carbons (Fsp3) is 0.300. The third-order valence-corrected chi connectivity index (χ3v) is 4.06. The molecule has 22 heavy (non-hydrogen) atoms. The lowest BCUT2D eigenvalue weighted by atomic mass is 9.87. The lowest BCUT2D eigenvalue weighted by Gasteiger charge is -2.20. The first-order chi connectivity index (χ1) is 10.6. The number of rotatable bonds is 3. The van der Waals surface area contributed by atoms with E-state index in [2.05, 4.69) is 54.5 Å².